The quantitative estimate of drug-likeness (QED) is 0.715. The van der Waals surface area contributed by atoms with E-state index in [0.29, 0.717) is 18.0 Å². The van der Waals surface area contributed by atoms with Gasteiger partial charge >= 0.3 is 0 Å². The minimum absolute atomic E-state index is 0.0210. The molecule has 0 radical (unpaired) electrons. The lowest BCUT2D eigenvalue weighted by atomic mass is 9.96. The van der Waals surface area contributed by atoms with E-state index in [4.69, 9.17) is 0 Å². The molecule has 2 aromatic heterocycles. The lowest BCUT2D eigenvalue weighted by Gasteiger charge is -2.31. The molecule has 8 heteroatoms. The van der Waals surface area contributed by atoms with Gasteiger partial charge in [0.25, 0.3) is 0 Å². The van der Waals surface area contributed by atoms with Gasteiger partial charge in [-0.1, -0.05) is 18.2 Å². The fourth-order valence-corrected chi connectivity index (χ4v) is 4.95. The van der Waals surface area contributed by atoms with Crippen LogP contribution in [0.25, 0.3) is 11.2 Å². The Bertz CT molecular complexity index is 1000. The van der Waals surface area contributed by atoms with Crippen molar-refractivity contribution in [2.45, 2.75) is 23.7 Å². The van der Waals surface area contributed by atoms with E-state index in [1.165, 1.54) is 0 Å². The van der Waals surface area contributed by atoms with E-state index >= 15 is 0 Å². The first-order chi connectivity index (χ1) is 12.1. The lowest BCUT2D eigenvalue weighted by Crippen LogP contribution is -2.39. The molecule has 0 saturated carbocycles. The second kappa shape index (κ2) is 6.20. The third kappa shape index (κ3) is 2.81. The van der Waals surface area contributed by atoms with E-state index in [-0.39, 0.29) is 5.92 Å². The third-order valence-corrected chi connectivity index (χ3v) is 6.52. The summed E-state index contributed by atoms with van der Waals surface area (Å²) < 4.78 is 29.1. The van der Waals surface area contributed by atoms with Gasteiger partial charge in [-0.25, -0.2) is 23.1 Å². The number of fused-ring (bicyclic) bond motifs is 1. The van der Waals surface area contributed by atoms with E-state index in [0.717, 1.165) is 29.7 Å². The SMILES string of the molecule is Cn1nc([C@@H]2CCCN(S(=O)(=O)c3ccccc3)C2)c2nccnc21. The van der Waals surface area contributed by atoms with Crippen molar-refractivity contribution >= 4 is 21.2 Å². The minimum Gasteiger partial charge on any atom is -0.249 e. The van der Waals surface area contributed by atoms with Crippen LogP contribution < -0.4 is 0 Å². The summed E-state index contributed by atoms with van der Waals surface area (Å²) in [7, 11) is -1.65. The highest BCUT2D eigenvalue weighted by Gasteiger charge is 2.33. The highest BCUT2D eigenvalue weighted by atomic mass is 32.2. The van der Waals surface area contributed by atoms with Crippen molar-refractivity contribution in [2.24, 2.45) is 7.05 Å². The van der Waals surface area contributed by atoms with E-state index < -0.39 is 10.0 Å². The second-order valence-corrected chi connectivity index (χ2v) is 8.19. The molecular weight excluding hydrogens is 338 g/mol. The number of piperidine rings is 1. The Kier molecular flexibility index (Phi) is 4.01. The monoisotopic (exact) mass is 357 g/mol. The number of hydrogen-bond acceptors (Lipinski definition) is 5. The maximum Gasteiger partial charge on any atom is 0.243 e. The molecule has 1 saturated heterocycles. The van der Waals surface area contributed by atoms with Crippen LogP contribution in [0.1, 0.15) is 24.5 Å². The topological polar surface area (TPSA) is 81.0 Å². The highest BCUT2D eigenvalue weighted by molar-refractivity contribution is 7.89. The summed E-state index contributed by atoms with van der Waals surface area (Å²) in [5, 5.41) is 4.57. The molecule has 3 aromatic rings. The molecule has 0 N–H and O–H groups in total. The molecule has 1 aliphatic rings. The molecular formula is C17H19N5O2S. The minimum atomic E-state index is -3.49. The number of aromatic nitrogens is 4. The zero-order valence-electron chi connectivity index (χ0n) is 13.9. The van der Waals surface area contributed by atoms with Gasteiger partial charge < -0.3 is 0 Å². The van der Waals surface area contributed by atoms with Crippen LogP contribution in [0.2, 0.25) is 0 Å². The van der Waals surface area contributed by atoms with Gasteiger partial charge in [0.15, 0.2) is 5.65 Å². The summed E-state index contributed by atoms with van der Waals surface area (Å²) in [6.07, 6.45) is 4.98. The third-order valence-electron chi connectivity index (χ3n) is 4.64. The molecule has 0 bridgehead atoms. The van der Waals surface area contributed by atoms with Crippen molar-refractivity contribution in [2.75, 3.05) is 13.1 Å². The number of rotatable bonds is 3. The number of sulfonamides is 1. The van der Waals surface area contributed by atoms with Crippen LogP contribution in [0.4, 0.5) is 0 Å². The maximum absolute atomic E-state index is 12.9. The van der Waals surface area contributed by atoms with E-state index in [2.05, 4.69) is 15.1 Å². The zero-order valence-corrected chi connectivity index (χ0v) is 14.7. The van der Waals surface area contributed by atoms with E-state index in [9.17, 15) is 8.42 Å². The van der Waals surface area contributed by atoms with Crippen molar-refractivity contribution in [3.8, 4) is 0 Å². The molecule has 130 valence electrons. The average molecular weight is 357 g/mol. The standard InChI is InChI=1S/C17H19N5O2S/c1-21-17-16(18-9-10-19-17)15(20-21)13-6-5-11-22(12-13)25(23,24)14-7-3-2-4-8-14/h2-4,7-10,13H,5-6,11-12H2,1H3/t13-/m1/s1. The van der Waals surface area contributed by atoms with Gasteiger partial charge in [-0.05, 0) is 25.0 Å². The van der Waals surface area contributed by atoms with Crippen LogP contribution in [0, 0.1) is 0 Å². The summed E-state index contributed by atoms with van der Waals surface area (Å²) in [5.74, 6) is 0.0210. The first kappa shape index (κ1) is 16.2. The van der Waals surface area contributed by atoms with Gasteiger partial charge in [0.05, 0.1) is 10.6 Å². The Morgan fingerprint density at radius 2 is 1.88 bits per heavy atom. The molecule has 0 unspecified atom stereocenters. The van der Waals surface area contributed by atoms with Crippen LogP contribution in [-0.4, -0.2) is 45.6 Å². The predicted molar refractivity (Wildman–Crippen MR) is 93.5 cm³/mol. The Hall–Kier alpha value is -2.32. The van der Waals surface area contributed by atoms with Crippen molar-refractivity contribution < 1.29 is 8.42 Å². The van der Waals surface area contributed by atoms with Crippen LogP contribution >= 0.6 is 0 Å². The first-order valence-corrected chi connectivity index (χ1v) is 9.70. The van der Waals surface area contributed by atoms with E-state index in [1.807, 2.05) is 13.1 Å². The van der Waals surface area contributed by atoms with Gasteiger partial charge in [-0.3, -0.25) is 0 Å². The van der Waals surface area contributed by atoms with E-state index in [1.54, 1.807) is 45.6 Å². The summed E-state index contributed by atoms with van der Waals surface area (Å²) in [6, 6.07) is 8.59. The molecule has 0 aliphatic carbocycles. The molecule has 3 heterocycles. The summed E-state index contributed by atoms with van der Waals surface area (Å²) in [5.41, 5.74) is 2.31. The summed E-state index contributed by atoms with van der Waals surface area (Å²) in [4.78, 5) is 9.06. The molecule has 7 nitrogen and oxygen atoms in total. The molecule has 0 spiro atoms. The van der Waals surface area contributed by atoms with Crippen LogP contribution in [0.15, 0.2) is 47.6 Å². The molecule has 1 aliphatic heterocycles. The van der Waals surface area contributed by atoms with Crippen molar-refractivity contribution in [1.82, 2.24) is 24.1 Å². The Labute approximate surface area is 146 Å². The smallest absolute Gasteiger partial charge is 0.243 e. The molecule has 1 fully saturated rings. The number of hydrogen-bond donors (Lipinski definition) is 0. The van der Waals surface area contributed by atoms with Crippen molar-refractivity contribution in [1.29, 1.82) is 0 Å². The lowest BCUT2D eigenvalue weighted by molar-refractivity contribution is 0.312. The number of benzene rings is 1. The Morgan fingerprint density at radius 1 is 1.12 bits per heavy atom. The summed E-state index contributed by atoms with van der Waals surface area (Å²) in [6.45, 7) is 0.948. The van der Waals surface area contributed by atoms with Gasteiger partial charge in [0.2, 0.25) is 10.0 Å². The second-order valence-electron chi connectivity index (χ2n) is 6.25. The van der Waals surface area contributed by atoms with Gasteiger partial charge in [0.1, 0.15) is 5.52 Å². The van der Waals surface area contributed by atoms with Crippen molar-refractivity contribution in [3.05, 3.63) is 48.4 Å². The van der Waals surface area contributed by atoms with Crippen LogP contribution in [-0.2, 0) is 17.1 Å². The molecule has 1 aromatic carbocycles. The van der Waals surface area contributed by atoms with Gasteiger partial charge in [0, 0.05) is 38.4 Å². The number of aryl methyl sites for hydroxylation is 1. The largest absolute Gasteiger partial charge is 0.249 e. The Balaban J connectivity index is 1.67. The maximum atomic E-state index is 12.9. The first-order valence-electron chi connectivity index (χ1n) is 8.26. The van der Waals surface area contributed by atoms with Crippen molar-refractivity contribution in [3.63, 3.8) is 0 Å². The van der Waals surface area contributed by atoms with Gasteiger partial charge in [-0.15, -0.1) is 0 Å². The van der Waals surface area contributed by atoms with Gasteiger partial charge in [-0.2, -0.15) is 9.40 Å². The van der Waals surface area contributed by atoms with Crippen LogP contribution in [0.5, 0.6) is 0 Å². The number of nitrogens with zero attached hydrogens (tertiary/aromatic N) is 5. The zero-order chi connectivity index (χ0) is 17.4. The predicted octanol–water partition coefficient (Wildman–Crippen LogP) is 1.93. The summed E-state index contributed by atoms with van der Waals surface area (Å²) >= 11 is 0. The Morgan fingerprint density at radius 3 is 2.68 bits per heavy atom. The average Bonchev–Trinajstić information content (AvgIpc) is 3.00. The highest BCUT2D eigenvalue weighted by Crippen LogP contribution is 2.32. The fraction of sp³-hybridized carbons (Fsp3) is 0.353. The molecule has 1 atom stereocenters. The van der Waals surface area contributed by atoms with Crippen LogP contribution in [0.3, 0.4) is 0 Å². The molecule has 25 heavy (non-hydrogen) atoms. The normalized spacial score (nSPS) is 19.3. The fourth-order valence-electron chi connectivity index (χ4n) is 3.40. The molecule has 4 rings (SSSR count). The molecule has 0 amide bonds.